The van der Waals surface area contributed by atoms with Crippen LogP contribution in [0.5, 0.6) is 5.88 Å². The summed E-state index contributed by atoms with van der Waals surface area (Å²) < 4.78 is 11.7. The van der Waals surface area contributed by atoms with E-state index >= 15 is 0 Å². The number of rotatable bonds is 10. The highest BCUT2D eigenvalue weighted by Gasteiger charge is 2.28. The number of carbonyl (C=O) groups excluding carboxylic acids is 1. The molecule has 1 aromatic heterocycles. The molecule has 1 heterocycles. The summed E-state index contributed by atoms with van der Waals surface area (Å²) in [5, 5.41) is 0. The molecule has 0 atom stereocenters. The summed E-state index contributed by atoms with van der Waals surface area (Å²) in [5.74, 6) is 0.556. The van der Waals surface area contributed by atoms with E-state index in [0.29, 0.717) is 18.1 Å². The molecule has 0 amide bonds. The number of aldehydes is 1. The third-order valence-electron chi connectivity index (χ3n) is 3.78. The monoisotopic (exact) mass is 295 g/mol. The van der Waals surface area contributed by atoms with Crippen LogP contribution in [-0.4, -0.2) is 32.8 Å². The van der Waals surface area contributed by atoms with Crippen molar-refractivity contribution in [3.05, 3.63) is 23.9 Å². The molecule has 0 radical (unpaired) electrons. The zero-order valence-electron chi connectivity index (χ0n) is 12.7. The molecule has 0 bridgehead atoms. The number of ether oxygens (including phenoxy) is 1. The molecule has 0 fully saturated rings. The first-order valence-electron chi connectivity index (χ1n) is 7.37. The molecule has 0 spiro atoms. The van der Waals surface area contributed by atoms with E-state index in [1.807, 2.05) is 0 Å². The highest BCUT2D eigenvalue weighted by atomic mass is 28.4. The summed E-state index contributed by atoms with van der Waals surface area (Å²) in [6.07, 6.45) is 3.16. The molecule has 0 saturated carbocycles. The fourth-order valence-corrected chi connectivity index (χ4v) is 4.82. The minimum absolute atomic E-state index is 0.556. The van der Waals surface area contributed by atoms with E-state index in [0.717, 1.165) is 19.3 Å². The number of hydrogen-bond acceptors (Lipinski definition) is 4. The van der Waals surface area contributed by atoms with Gasteiger partial charge in [-0.25, -0.2) is 4.98 Å². The van der Waals surface area contributed by atoms with Gasteiger partial charge < -0.3 is 9.16 Å². The Morgan fingerprint density at radius 1 is 1.15 bits per heavy atom. The summed E-state index contributed by atoms with van der Waals surface area (Å²) in [7, 11) is -1.47. The van der Waals surface area contributed by atoms with Gasteiger partial charge in [0, 0.05) is 30.9 Å². The highest BCUT2D eigenvalue weighted by molar-refractivity contribution is 6.73. The maximum Gasteiger partial charge on any atom is 0.213 e. The van der Waals surface area contributed by atoms with Crippen molar-refractivity contribution in [2.75, 3.05) is 13.2 Å². The molecule has 1 rings (SSSR count). The lowest BCUT2D eigenvalue weighted by Gasteiger charge is -2.27. The molecule has 0 N–H and O–H groups in total. The number of nitrogens with zero attached hydrogens (tertiary/aromatic N) is 1. The van der Waals surface area contributed by atoms with Crippen LogP contribution in [0.3, 0.4) is 0 Å². The largest absolute Gasteiger partial charge is 0.478 e. The van der Waals surface area contributed by atoms with Crippen LogP contribution in [0.25, 0.3) is 0 Å². The number of pyridine rings is 1. The first kappa shape index (κ1) is 16.9. The summed E-state index contributed by atoms with van der Waals surface area (Å²) in [6.45, 7) is 8.04. The van der Waals surface area contributed by atoms with Crippen molar-refractivity contribution in [1.29, 1.82) is 0 Å². The Hall–Kier alpha value is -1.20. The Morgan fingerprint density at radius 2 is 1.85 bits per heavy atom. The smallest absolute Gasteiger partial charge is 0.213 e. The second kappa shape index (κ2) is 8.87. The predicted octanol–water partition coefficient (Wildman–Crippen LogP) is 3.68. The van der Waals surface area contributed by atoms with Gasteiger partial charge in [0.25, 0.3) is 0 Å². The first-order valence-corrected chi connectivity index (χ1v) is 9.90. The molecule has 0 aromatic carbocycles. The molecule has 0 saturated heterocycles. The van der Waals surface area contributed by atoms with E-state index in [1.54, 1.807) is 12.1 Å². The van der Waals surface area contributed by atoms with Crippen LogP contribution in [0.1, 0.15) is 37.6 Å². The van der Waals surface area contributed by atoms with Crippen molar-refractivity contribution in [2.45, 2.75) is 45.3 Å². The van der Waals surface area contributed by atoms with Gasteiger partial charge in [-0.1, -0.05) is 20.8 Å². The average molecular weight is 295 g/mol. The van der Waals surface area contributed by atoms with Gasteiger partial charge in [0.15, 0.2) is 14.6 Å². The first-order chi connectivity index (χ1) is 9.69. The van der Waals surface area contributed by atoms with E-state index in [1.165, 1.54) is 24.3 Å². The quantitative estimate of drug-likeness (QED) is 0.375. The normalized spacial score (nSPS) is 11.3. The van der Waals surface area contributed by atoms with Crippen LogP contribution >= 0.6 is 0 Å². The van der Waals surface area contributed by atoms with Crippen molar-refractivity contribution < 1.29 is 14.0 Å². The van der Waals surface area contributed by atoms with Crippen LogP contribution in [0.15, 0.2) is 18.3 Å². The SMILES string of the molecule is CC[Si](CC)(CC)OCCCOc1ccc(C=O)cn1. The van der Waals surface area contributed by atoms with Gasteiger partial charge in [0.1, 0.15) is 0 Å². The van der Waals surface area contributed by atoms with Crippen molar-refractivity contribution in [2.24, 2.45) is 0 Å². The Morgan fingerprint density at radius 3 is 2.35 bits per heavy atom. The summed E-state index contributed by atoms with van der Waals surface area (Å²) >= 11 is 0. The molecule has 0 aliphatic carbocycles. The third-order valence-corrected chi connectivity index (χ3v) is 8.46. The van der Waals surface area contributed by atoms with Gasteiger partial charge >= 0.3 is 0 Å². The fourth-order valence-electron chi connectivity index (χ4n) is 2.13. The Bertz CT molecular complexity index is 382. The lowest BCUT2D eigenvalue weighted by atomic mass is 10.3. The van der Waals surface area contributed by atoms with Gasteiger partial charge in [-0.15, -0.1) is 0 Å². The van der Waals surface area contributed by atoms with E-state index in [9.17, 15) is 4.79 Å². The molecular weight excluding hydrogens is 270 g/mol. The zero-order chi connectivity index (χ0) is 14.8. The molecular formula is C15H25NO3Si. The van der Waals surface area contributed by atoms with Crippen LogP contribution in [0.4, 0.5) is 0 Å². The maximum absolute atomic E-state index is 10.5. The van der Waals surface area contributed by atoms with Gasteiger partial charge in [-0.2, -0.15) is 0 Å². The Balaban J connectivity index is 2.25. The molecule has 5 heteroatoms. The Labute approximate surface area is 122 Å². The number of aromatic nitrogens is 1. The van der Waals surface area contributed by atoms with Crippen LogP contribution in [0.2, 0.25) is 18.1 Å². The Kier molecular flexibility index (Phi) is 7.47. The molecule has 4 nitrogen and oxygen atoms in total. The van der Waals surface area contributed by atoms with Gasteiger partial charge in [-0.3, -0.25) is 4.79 Å². The van der Waals surface area contributed by atoms with Crippen LogP contribution in [0, 0.1) is 0 Å². The minimum atomic E-state index is -1.47. The standard InChI is InChI=1S/C15H25NO3Si/c1-4-20(5-2,6-3)19-11-7-10-18-15-9-8-14(13-17)12-16-15/h8-9,12-13H,4-7,10-11H2,1-3H3. The zero-order valence-corrected chi connectivity index (χ0v) is 13.7. The number of hydrogen-bond donors (Lipinski definition) is 0. The van der Waals surface area contributed by atoms with Crippen LogP contribution in [-0.2, 0) is 4.43 Å². The summed E-state index contributed by atoms with van der Waals surface area (Å²) in [4.78, 5) is 14.6. The summed E-state index contributed by atoms with van der Waals surface area (Å²) in [6, 6.07) is 6.95. The lowest BCUT2D eigenvalue weighted by Crippen LogP contribution is -2.36. The van der Waals surface area contributed by atoms with Gasteiger partial charge in [0.2, 0.25) is 5.88 Å². The van der Waals surface area contributed by atoms with Crippen LogP contribution < -0.4 is 4.74 Å². The van der Waals surface area contributed by atoms with Crippen molar-refractivity contribution in [3.8, 4) is 5.88 Å². The molecule has 112 valence electrons. The second-order valence-electron chi connectivity index (χ2n) is 4.84. The molecule has 0 aliphatic rings. The average Bonchev–Trinajstić information content (AvgIpc) is 2.52. The molecule has 0 unspecified atom stereocenters. The van der Waals surface area contributed by atoms with Crippen molar-refractivity contribution >= 4 is 14.6 Å². The topological polar surface area (TPSA) is 48.4 Å². The molecule has 0 aliphatic heterocycles. The van der Waals surface area contributed by atoms with Crippen molar-refractivity contribution in [3.63, 3.8) is 0 Å². The maximum atomic E-state index is 10.5. The molecule has 20 heavy (non-hydrogen) atoms. The summed E-state index contributed by atoms with van der Waals surface area (Å²) in [5.41, 5.74) is 0.560. The van der Waals surface area contributed by atoms with E-state index < -0.39 is 8.32 Å². The predicted molar refractivity (Wildman–Crippen MR) is 82.9 cm³/mol. The van der Waals surface area contributed by atoms with Crippen molar-refractivity contribution in [1.82, 2.24) is 4.98 Å². The van der Waals surface area contributed by atoms with E-state index in [-0.39, 0.29) is 0 Å². The van der Waals surface area contributed by atoms with Gasteiger partial charge in [0.05, 0.1) is 6.61 Å². The van der Waals surface area contributed by atoms with Gasteiger partial charge in [-0.05, 0) is 24.2 Å². The van der Waals surface area contributed by atoms with E-state index in [4.69, 9.17) is 9.16 Å². The number of carbonyl (C=O) groups is 1. The second-order valence-corrected chi connectivity index (χ2v) is 9.62. The van der Waals surface area contributed by atoms with E-state index in [2.05, 4.69) is 25.8 Å². The lowest BCUT2D eigenvalue weighted by molar-refractivity contribution is 0.112. The molecule has 1 aromatic rings. The fraction of sp³-hybridized carbons (Fsp3) is 0.600. The minimum Gasteiger partial charge on any atom is -0.478 e. The third kappa shape index (κ3) is 5.05. The highest BCUT2D eigenvalue weighted by Crippen LogP contribution is 2.21.